The first-order chi connectivity index (χ1) is 11.6. The number of halogens is 2. The number of quaternary nitrogens is 1. The van der Waals surface area contributed by atoms with Gasteiger partial charge in [-0.15, -0.1) is 0 Å². The molecule has 126 valence electrons. The first-order valence-electron chi connectivity index (χ1n) is 8.26. The van der Waals surface area contributed by atoms with Crippen molar-refractivity contribution in [2.24, 2.45) is 0 Å². The van der Waals surface area contributed by atoms with Crippen LogP contribution in [-0.4, -0.2) is 25.0 Å². The van der Waals surface area contributed by atoms with Gasteiger partial charge in [-0.2, -0.15) is 0 Å². The van der Waals surface area contributed by atoms with Crippen molar-refractivity contribution < 1.29 is 18.5 Å². The summed E-state index contributed by atoms with van der Waals surface area (Å²) in [6.07, 6.45) is 1.62. The van der Waals surface area contributed by atoms with E-state index >= 15 is 0 Å². The zero-order valence-electron chi connectivity index (χ0n) is 13.4. The molecule has 3 nitrogen and oxygen atoms in total. The number of benzene rings is 2. The third kappa shape index (κ3) is 3.97. The highest BCUT2D eigenvalue weighted by atomic mass is 19.1. The van der Waals surface area contributed by atoms with Gasteiger partial charge in [0, 0.05) is 24.4 Å². The highest BCUT2D eigenvalue weighted by molar-refractivity contribution is 5.94. The molecule has 0 bridgehead atoms. The van der Waals surface area contributed by atoms with Gasteiger partial charge in [0.05, 0.1) is 13.1 Å². The lowest BCUT2D eigenvalue weighted by Gasteiger charge is -2.29. The second-order valence-corrected chi connectivity index (χ2v) is 6.26. The molecule has 0 saturated carbocycles. The van der Waals surface area contributed by atoms with Crippen molar-refractivity contribution in [2.75, 3.05) is 13.1 Å². The van der Waals surface area contributed by atoms with Gasteiger partial charge in [0.2, 0.25) is 0 Å². The summed E-state index contributed by atoms with van der Waals surface area (Å²) in [5, 5.41) is 2.77. The van der Waals surface area contributed by atoms with Gasteiger partial charge in [0.1, 0.15) is 23.7 Å². The molecule has 1 aliphatic heterocycles. The molecule has 5 heteroatoms. The molecule has 1 fully saturated rings. The summed E-state index contributed by atoms with van der Waals surface area (Å²) in [6.45, 7) is 2.82. The Balaban J connectivity index is 1.53. The van der Waals surface area contributed by atoms with Crippen LogP contribution in [0, 0.1) is 11.6 Å². The number of hydrogen-bond donors (Lipinski definition) is 2. The van der Waals surface area contributed by atoms with Gasteiger partial charge in [0.15, 0.2) is 0 Å². The Kier molecular flexibility index (Phi) is 5.20. The molecule has 24 heavy (non-hydrogen) atoms. The minimum absolute atomic E-state index is 0.0315. The standard InChI is InChI=1S/C19H20F2N2O/c20-16-7-4-8-17(21)18(16)19(24)22-15-9-11-23(12-10-15)13-14-5-2-1-3-6-14/h1-8,15H,9-13H2,(H,22,24)/p+1. The summed E-state index contributed by atoms with van der Waals surface area (Å²) in [7, 11) is 0. The van der Waals surface area contributed by atoms with Gasteiger partial charge >= 0.3 is 0 Å². The van der Waals surface area contributed by atoms with Crippen molar-refractivity contribution in [3.63, 3.8) is 0 Å². The van der Waals surface area contributed by atoms with E-state index in [-0.39, 0.29) is 6.04 Å². The molecule has 2 N–H and O–H groups in total. The van der Waals surface area contributed by atoms with Crippen LogP contribution >= 0.6 is 0 Å². The van der Waals surface area contributed by atoms with Gasteiger partial charge in [-0.3, -0.25) is 4.79 Å². The number of carbonyl (C=O) groups excluding carboxylic acids is 1. The molecule has 2 aromatic rings. The minimum Gasteiger partial charge on any atom is -0.349 e. The third-order valence-electron chi connectivity index (χ3n) is 4.51. The van der Waals surface area contributed by atoms with Gasteiger partial charge in [-0.1, -0.05) is 36.4 Å². The zero-order valence-corrected chi connectivity index (χ0v) is 13.4. The van der Waals surface area contributed by atoms with Crippen LogP contribution in [0.1, 0.15) is 28.8 Å². The smallest absolute Gasteiger partial charge is 0.257 e. The fourth-order valence-electron chi connectivity index (χ4n) is 3.20. The number of nitrogens with one attached hydrogen (secondary N) is 2. The number of likely N-dealkylation sites (tertiary alicyclic amines) is 1. The summed E-state index contributed by atoms with van der Waals surface area (Å²) in [4.78, 5) is 13.6. The van der Waals surface area contributed by atoms with Crippen LogP contribution in [0.5, 0.6) is 0 Å². The predicted octanol–water partition coefficient (Wildman–Crippen LogP) is 1.94. The fraction of sp³-hybridized carbons (Fsp3) is 0.316. The molecule has 2 aromatic carbocycles. The predicted molar refractivity (Wildman–Crippen MR) is 87.7 cm³/mol. The van der Waals surface area contributed by atoms with Crippen molar-refractivity contribution in [2.45, 2.75) is 25.4 Å². The van der Waals surface area contributed by atoms with Crippen molar-refractivity contribution in [3.05, 3.63) is 71.3 Å². The first-order valence-corrected chi connectivity index (χ1v) is 8.26. The normalized spacial score (nSPS) is 20.6. The quantitative estimate of drug-likeness (QED) is 0.882. The van der Waals surface area contributed by atoms with Crippen LogP contribution in [0.25, 0.3) is 0 Å². The zero-order chi connectivity index (χ0) is 16.9. The molecule has 1 amide bonds. The molecule has 1 aliphatic rings. The van der Waals surface area contributed by atoms with Gasteiger partial charge in [0.25, 0.3) is 5.91 Å². The molecule has 0 radical (unpaired) electrons. The third-order valence-corrected chi connectivity index (χ3v) is 4.51. The van der Waals surface area contributed by atoms with Crippen LogP contribution in [0.3, 0.4) is 0 Å². The first kappa shape index (κ1) is 16.6. The monoisotopic (exact) mass is 331 g/mol. The van der Waals surface area contributed by atoms with Crippen LogP contribution in [0.15, 0.2) is 48.5 Å². The largest absolute Gasteiger partial charge is 0.349 e. The Labute approximate surface area is 140 Å². The van der Waals surface area contributed by atoms with Crippen molar-refractivity contribution >= 4 is 5.91 Å². The number of rotatable bonds is 4. The highest BCUT2D eigenvalue weighted by Gasteiger charge is 2.25. The highest BCUT2D eigenvalue weighted by Crippen LogP contribution is 2.13. The Hall–Kier alpha value is -2.27. The van der Waals surface area contributed by atoms with Crippen LogP contribution < -0.4 is 10.2 Å². The molecule has 0 unspecified atom stereocenters. The lowest BCUT2D eigenvalue weighted by molar-refractivity contribution is -0.918. The summed E-state index contributed by atoms with van der Waals surface area (Å²) < 4.78 is 27.3. The van der Waals surface area contributed by atoms with E-state index in [1.807, 2.05) is 18.2 Å². The lowest BCUT2D eigenvalue weighted by atomic mass is 10.0. The maximum atomic E-state index is 13.7. The molecule has 0 aromatic heterocycles. The van der Waals surface area contributed by atoms with Gasteiger partial charge in [-0.25, -0.2) is 8.78 Å². The van der Waals surface area contributed by atoms with E-state index in [4.69, 9.17) is 0 Å². The maximum Gasteiger partial charge on any atom is 0.257 e. The molecule has 1 heterocycles. The second kappa shape index (κ2) is 7.53. The molecular formula is C19H21F2N2O+. The molecule has 1 saturated heterocycles. The number of amides is 1. The lowest BCUT2D eigenvalue weighted by Crippen LogP contribution is -3.12. The van der Waals surface area contributed by atoms with E-state index in [0.717, 1.165) is 44.6 Å². The Morgan fingerprint density at radius 1 is 1.00 bits per heavy atom. The molecule has 0 spiro atoms. The molecule has 0 aliphatic carbocycles. The van der Waals surface area contributed by atoms with Crippen molar-refractivity contribution in [3.8, 4) is 0 Å². The Morgan fingerprint density at radius 2 is 1.62 bits per heavy atom. The SMILES string of the molecule is O=C(NC1CC[NH+](Cc2ccccc2)CC1)c1c(F)cccc1F. The molecule has 0 atom stereocenters. The maximum absolute atomic E-state index is 13.7. The van der Waals surface area contributed by atoms with Crippen LogP contribution in [0.4, 0.5) is 8.78 Å². The number of piperidine rings is 1. The van der Waals surface area contributed by atoms with Gasteiger partial charge < -0.3 is 10.2 Å². The minimum atomic E-state index is -0.820. The summed E-state index contributed by atoms with van der Waals surface area (Å²) >= 11 is 0. The van der Waals surface area contributed by atoms with Crippen molar-refractivity contribution in [1.29, 1.82) is 0 Å². The summed E-state index contributed by atoms with van der Waals surface area (Å²) in [6, 6.07) is 13.7. The number of carbonyl (C=O) groups is 1. The van der Waals surface area contributed by atoms with E-state index in [2.05, 4.69) is 17.4 Å². The van der Waals surface area contributed by atoms with E-state index < -0.39 is 23.1 Å². The topological polar surface area (TPSA) is 33.5 Å². The summed E-state index contributed by atoms with van der Waals surface area (Å²) in [5.41, 5.74) is 0.806. The molecular weight excluding hydrogens is 310 g/mol. The van der Waals surface area contributed by atoms with Crippen LogP contribution in [0.2, 0.25) is 0 Å². The van der Waals surface area contributed by atoms with E-state index in [1.54, 1.807) is 0 Å². The average Bonchev–Trinajstić information content (AvgIpc) is 2.57. The Bertz CT molecular complexity index is 678. The average molecular weight is 331 g/mol. The van der Waals surface area contributed by atoms with E-state index in [1.165, 1.54) is 16.5 Å². The summed E-state index contributed by atoms with van der Waals surface area (Å²) in [5.74, 6) is -2.30. The van der Waals surface area contributed by atoms with E-state index in [0.29, 0.717) is 0 Å². The van der Waals surface area contributed by atoms with E-state index in [9.17, 15) is 13.6 Å². The second-order valence-electron chi connectivity index (χ2n) is 6.26. The van der Waals surface area contributed by atoms with Gasteiger partial charge in [-0.05, 0) is 12.1 Å². The van der Waals surface area contributed by atoms with Crippen molar-refractivity contribution in [1.82, 2.24) is 5.32 Å². The molecule has 3 rings (SSSR count). The Morgan fingerprint density at radius 3 is 2.25 bits per heavy atom. The van der Waals surface area contributed by atoms with Crippen LogP contribution in [-0.2, 0) is 6.54 Å². The fourth-order valence-corrected chi connectivity index (χ4v) is 3.20. The number of hydrogen-bond acceptors (Lipinski definition) is 1.